The maximum atomic E-state index is 10.6. The van der Waals surface area contributed by atoms with E-state index in [1.165, 1.54) is 61.6 Å². The molecule has 2 aliphatic carbocycles. The van der Waals surface area contributed by atoms with Crippen LogP contribution in [0.3, 0.4) is 0 Å². The van der Waals surface area contributed by atoms with Crippen LogP contribution in [0.1, 0.15) is 74.5 Å². The Balaban J connectivity index is 1.75. The molecule has 1 N–H and O–H groups in total. The van der Waals surface area contributed by atoms with Gasteiger partial charge in [0, 0.05) is 0 Å². The molecule has 0 saturated heterocycles. The number of hydrogen-bond donors (Lipinski definition) is 1. The van der Waals surface area contributed by atoms with Crippen molar-refractivity contribution in [3.8, 4) is 0 Å². The summed E-state index contributed by atoms with van der Waals surface area (Å²) in [4.78, 5) is 0. The largest absolute Gasteiger partial charge is 0.388 e. The minimum Gasteiger partial charge on any atom is -0.388 e. The van der Waals surface area contributed by atoms with E-state index in [1.54, 1.807) is 0 Å². The lowest BCUT2D eigenvalue weighted by molar-refractivity contribution is 0.174. The summed E-state index contributed by atoms with van der Waals surface area (Å²) in [7, 11) is 0. The molecule has 1 saturated carbocycles. The molecule has 1 aromatic carbocycles. The predicted octanol–water partition coefficient (Wildman–Crippen LogP) is 4.88. The maximum absolute atomic E-state index is 10.6. The van der Waals surface area contributed by atoms with Gasteiger partial charge in [-0.15, -0.1) is 0 Å². The number of hydrogen-bond acceptors (Lipinski definition) is 1. The molecule has 0 aliphatic heterocycles. The molecule has 0 radical (unpaired) electrons. The van der Waals surface area contributed by atoms with Crippen molar-refractivity contribution in [2.24, 2.45) is 0 Å². The molecule has 0 aromatic heterocycles. The molecule has 1 fully saturated rings. The van der Waals surface area contributed by atoms with Crippen molar-refractivity contribution < 1.29 is 5.11 Å². The van der Waals surface area contributed by atoms with Gasteiger partial charge in [0.25, 0.3) is 0 Å². The topological polar surface area (TPSA) is 20.2 Å². The van der Waals surface area contributed by atoms with Crippen molar-refractivity contribution in [2.75, 3.05) is 0 Å². The quantitative estimate of drug-likeness (QED) is 0.761. The van der Waals surface area contributed by atoms with Gasteiger partial charge in [-0.1, -0.05) is 42.3 Å². The molecule has 102 valence electrons. The van der Waals surface area contributed by atoms with E-state index >= 15 is 0 Å². The third-order valence-corrected chi connectivity index (χ3v) is 4.74. The molecule has 0 amide bonds. The van der Waals surface area contributed by atoms with Crippen LogP contribution in [0.2, 0.25) is 0 Å². The summed E-state index contributed by atoms with van der Waals surface area (Å²) in [5.74, 6) is 0.700. The second kappa shape index (κ2) is 5.92. The van der Waals surface area contributed by atoms with Gasteiger partial charge in [-0.05, 0) is 62.0 Å². The second-order valence-electron chi connectivity index (χ2n) is 6.08. The average Bonchev–Trinajstić information content (AvgIpc) is 2.38. The highest BCUT2D eigenvalue weighted by Gasteiger charge is 2.24. The second-order valence-corrected chi connectivity index (χ2v) is 6.08. The van der Waals surface area contributed by atoms with E-state index in [1.807, 2.05) is 0 Å². The number of allylic oxidation sites excluding steroid dienone is 1. The minimum absolute atomic E-state index is 0.304. The summed E-state index contributed by atoms with van der Waals surface area (Å²) in [6, 6.07) is 8.53. The Morgan fingerprint density at radius 3 is 2.63 bits per heavy atom. The molecule has 1 nitrogen and oxygen atoms in total. The first-order chi connectivity index (χ1) is 9.34. The highest BCUT2D eigenvalue weighted by Crippen LogP contribution is 2.40. The van der Waals surface area contributed by atoms with Gasteiger partial charge < -0.3 is 5.11 Å². The number of aliphatic hydroxyl groups is 1. The Morgan fingerprint density at radius 2 is 1.95 bits per heavy atom. The van der Waals surface area contributed by atoms with Crippen LogP contribution >= 0.6 is 0 Å². The van der Waals surface area contributed by atoms with Crippen LogP contribution in [0.25, 0.3) is 0 Å². The van der Waals surface area contributed by atoms with Gasteiger partial charge in [-0.25, -0.2) is 0 Å². The van der Waals surface area contributed by atoms with E-state index in [0.29, 0.717) is 5.92 Å². The number of aliphatic hydroxyl groups excluding tert-OH is 1. The van der Waals surface area contributed by atoms with E-state index in [9.17, 15) is 5.11 Å². The van der Waals surface area contributed by atoms with Crippen LogP contribution < -0.4 is 0 Å². The van der Waals surface area contributed by atoms with Crippen LogP contribution in [0.4, 0.5) is 0 Å². The summed E-state index contributed by atoms with van der Waals surface area (Å²) >= 11 is 0. The van der Waals surface area contributed by atoms with E-state index in [-0.39, 0.29) is 6.10 Å². The third kappa shape index (κ3) is 2.92. The van der Waals surface area contributed by atoms with Gasteiger partial charge in [0.15, 0.2) is 0 Å². The molecule has 2 aliphatic rings. The zero-order valence-corrected chi connectivity index (χ0v) is 11.6. The molecule has 1 aromatic rings. The van der Waals surface area contributed by atoms with E-state index < -0.39 is 0 Å². The standard InChI is InChI=1S/C18H24O/c19-18(13-14-7-2-1-3-8-14)17-12-5-4-11-16(17)15-9-6-10-15/h4-5,7,11-12,15,18-19H,1-3,6,8-10,13H2. The Morgan fingerprint density at radius 1 is 1.11 bits per heavy atom. The lowest BCUT2D eigenvalue weighted by atomic mass is 9.77. The Hall–Kier alpha value is -1.08. The molecule has 3 rings (SSSR count). The molecule has 0 heterocycles. The van der Waals surface area contributed by atoms with E-state index in [2.05, 4.69) is 30.3 Å². The van der Waals surface area contributed by atoms with Gasteiger partial charge >= 0.3 is 0 Å². The van der Waals surface area contributed by atoms with Crippen molar-refractivity contribution in [3.05, 3.63) is 47.0 Å². The van der Waals surface area contributed by atoms with Crippen molar-refractivity contribution >= 4 is 0 Å². The molecule has 1 heteroatoms. The predicted molar refractivity (Wildman–Crippen MR) is 79.2 cm³/mol. The lowest BCUT2D eigenvalue weighted by Gasteiger charge is -2.29. The summed E-state index contributed by atoms with van der Waals surface area (Å²) < 4.78 is 0. The first-order valence-corrected chi connectivity index (χ1v) is 7.79. The fourth-order valence-corrected chi connectivity index (χ4v) is 3.35. The van der Waals surface area contributed by atoms with Crippen molar-refractivity contribution in [1.82, 2.24) is 0 Å². The molecule has 1 unspecified atom stereocenters. The maximum Gasteiger partial charge on any atom is 0.0829 e. The van der Waals surface area contributed by atoms with Crippen LogP contribution in [-0.2, 0) is 0 Å². The molecule has 1 atom stereocenters. The molecular weight excluding hydrogens is 232 g/mol. The van der Waals surface area contributed by atoms with E-state index in [0.717, 1.165) is 6.42 Å². The zero-order valence-electron chi connectivity index (χ0n) is 11.6. The van der Waals surface area contributed by atoms with Crippen LogP contribution in [-0.4, -0.2) is 5.11 Å². The third-order valence-electron chi connectivity index (χ3n) is 4.74. The minimum atomic E-state index is -0.304. The first kappa shape index (κ1) is 12.9. The Kier molecular flexibility index (Phi) is 4.03. The van der Waals surface area contributed by atoms with Crippen molar-refractivity contribution in [3.63, 3.8) is 0 Å². The lowest BCUT2D eigenvalue weighted by Crippen LogP contribution is -2.13. The highest BCUT2D eigenvalue weighted by molar-refractivity contribution is 5.34. The van der Waals surface area contributed by atoms with Crippen LogP contribution in [0.5, 0.6) is 0 Å². The van der Waals surface area contributed by atoms with Gasteiger partial charge in [-0.3, -0.25) is 0 Å². The van der Waals surface area contributed by atoms with E-state index in [4.69, 9.17) is 0 Å². The first-order valence-electron chi connectivity index (χ1n) is 7.79. The SMILES string of the molecule is OC(CC1=CCCCC1)c1ccccc1C1CCC1. The number of rotatable bonds is 4. The zero-order chi connectivity index (χ0) is 13.1. The average molecular weight is 256 g/mol. The highest BCUT2D eigenvalue weighted by atomic mass is 16.3. The normalized spacial score (nSPS) is 21.6. The fraction of sp³-hybridized carbons (Fsp3) is 0.556. The number of benzene rings is 1. The van der Waals surface area contributed by atoms with Gasteiger partial charge in [0.2, 0.25) is 0 Å². The fourth-order valence-electron chi connectivity index (χ4n) is 3.35. The molecule has 0 bridgehead atoms. The Labute approximate surface area is 116 Å². The van der Waals surface area contributed by atoms with Crippen LogP contribution in [0.15, 0.2) is 35.9 Å². The van der Waals surface area contributed by atoms with Gasteiger partial charge in [-0.2, -0.15) is 0 Å². The summed E-state index contributed by atoms with van der Waals surface area (Å²) in [6.07, 6.45) is 11.8. The Bertz CT molecular complexity index is 457. The summed E-state index contributed by atoms with van der Waals surface area (Å²) in [5.41, 5.74) is 4.04. The van der Waals surface area contributed by atoms with Crippen LogP contribution in [0, 0.1) is 0 Å². The van der Waals surface area contributed by atoms with Gasteiger partial charge in [0.05, 0.1) is 6.10 Å². The molecular formula is C18H24O. The van der Waals surface area contributed by atoms with Crippen molar-refractivity contribution in [1.29, 1.82) is 0 Å². The van der Waals surface area contributed by atoms with Gasteiger partial charge in [0.1, 0.15) is 0 Å². The van der Waals surface area contributed by atoms with Crippen molar-refractivity contribution in [2.45, 2.75) is 63.4 Å². The summed E-state index contributed by atoms with van der Waals surface area (Å²) in [6.45, 7) is 0. The smallest absolute Gasteiger partial charge is 0.0829 e. The summed E-state index contributed by atoms with van der Waals surface area (Å²) in [5, 5.41) is 10.6. The molecule has 0 spiro atoms. The molecule has 19 heavy (non-hydrogen) atoms. The monoisotopic (exact) mass is 256 g/mol.